The van der Waals surface area contributed by atoms with E-state index in [0.717, 1.165) is 12.2 Å². The van der Waals surface area contributed by atoms with Gasteiger partial charge >= 0.3 is 5.76 Å². The molecule has 1 atom stereocenters. The molecule has 0 spiro atoms. The van der Waals surface area contributed by atoms with Gasteiger partial charge in [-0.25, -0.2) is 17.9 Å². The lowest BCUT2D eigenvalue weighted by Gasteiger charge is -2.28. The third kappa shape index (κ3) is 3.77. The molecule has 0 bridgehead atoms. The van der Waals surface area contributed by atoms with E-state index in [1.54, 1.807) is 11.8 Å². The summed E-state index contributed by atoms with van der Waals surface area (Å²) in [6.45, 7) is 0.195. The van der Waals surface area contributed by atoms with Gasteiger partial charge in [-0.3, -0.25) is 4.57 Å². The Bertz CT molecular complexity index is 912. The molecule has 0 saturated carbocycles. The molecule has 1 unspecified atom stereocenters. The number of rotatable bonds is 7. The number of ether oxygens (including phenoxy) is 1. The van der Waals surface area contributed by atoms with Gasteiger partial charge in [0.15, 0.2) is 5.58 Å². The number of nitrogens with zero attached hydrogens (tertiary/aromatic N) is 1. The molecule has 2 N–H and O–H groups in total. The van der Waals surface area contributed by atoms with Gasteiger partial charge in [-0.1, -0.05) is 0 Å². The van der Waals surface area contributed by atoms with Crippen molar-refractivity contribution >= 4 is 32.9 Å². The second kappa shape index (κ2) is 7.12. The van der Waals surface area contributed by atoms with Crippen LogP contribution in [0.4, 0.5) is 0 Å². The fourth-order valence-electron chi connectivity index (χ4n) is 2.74. The first kappa shape index (κ1) is 18.5. The summed E-state index contributed by atoms with van der Waals surface area (Å²) in [4.78, 5) is 11.6. The van der Waals surface area contributed by atoms with Gasteiger partial charge in [0.2, 0.25) is 10.0 Å². The molecule has 138 valence electrons. The van der Waals surface area contributed by atoms with Crippen molar-refractivity contribution in [3.63, 3.8) is 0 Å². The van der Waals surface area contributed by atoms with Crippen LogP contribution < -0.4 is 10.5 Å². The Labute approximate surface area is 149 Å². The van der Waals surface area contributed by atoms with Crippen molar-refractivity contribution in [1.82, 2.24) is 9.29 Å². The van der Waals surface area contributed by atoms with E-state index in [1.165, 1.54) is 29.8 Å². The first-order valence-corrected chi connectivity index (χ1v) is 10.4. The van der Waals surface area contributed by atoms with Crippen LogP contribution in [0, 0.1) is 0 Å². The highest BCUT2D eigenvalue weighted by atomic mass is 32.2. The minimum atomic E-state index is -3.77. The number of hydrogen-bond acceptors (Lipinski definition) is 7. The molecule has 10 heteroatoms. The molecule has 0 radical (unpaired) electrons. The van der Waals surface area contributed by atoms with Crippen LogP contribution in [0.5, 0.6) is 0 Å². The molecule has 1 fully saturated rings. The summed E-state index contributed by atoms with van der Waals surface area (Å²) < 4.78 is 39.8. The molecule has 1 saturated heterocycles. The van der Waals surface area contributed by atoms with Crippen LogP contribution >= 0.6 is 11.8 Å². The van der Waals surface area contributed by atoms with Gasteiger partial charge in [0.1, 0.15) is 0 Å². The number of aliphatic hydroxyl groups excluding tert-OH is 1. The molecule has 0 amide bonds. The third-order valence-electron chi connectivity index (χ3n) is 4.22. The van der Waals surface area contributed by atoms with E-state index in [1.807, 2.05) is 0 Å². The number of aryl methyl sites for hydroxylation is 1. The number of sulfonamides is 1. The Hall–Kier alpha value is -1.33. The quantitative estimate of drug-likeness (QED) is 0.701. The lowest BCUT2D eigenvalue weighted by molar-refractivity contribution is -0.0358. The molecular weight excluding hydrogens is 368 g/mol. The molecule has 8 nitrogen and oxygen atoms in total. The average molecular weight is 388 g/mol. The molecule has 1 aromatic heterocycles. The highest BCUT2D eigenvalue weighted by molar-refractivity contribution is 7.99. The molecular formula is C15H20N2O6S2. The maximum absolute atomic E-state index is 12.6. The predicted octanol–water partition coefficient (Wildman–Crippen LogP) is 0.294. The SMILES string of the molecule is Cn1c(=O)oc2ccc(S(=O)(=O)NCC3(OCCO)CCSC3)cc21. The largest absolute Gasteiger partial charge is 0.419 e. The minimum absolute atomic E-state index is 0.0550. The Morgan fingerprint density at radius 3 is 2.96 bits per heavy atom. The van der Waals surface area contributed by atoms with Crippen molar-refractivity contribution in [2.75, 3.05) is 31.3 Å². The zero-order valence-electron chi connectivity index (χ0n) is 13.7. The van der Waals surface area contributed by atoms with Crippen LogP contribution in [0.2, 0.25) is 0 Å². The first-order chi connectivity index (χ1) is 11.9. The number of benzene rings is 1. The van der Waals surface area contributed by atoms with E-state index in [9.17, 15) is 13.2 Å². The fourth-order valence-corrected chi connectivity index (χ4v) is 5.23. The van der Waals surface area contributed by atoms with Gasteiger partial charge in [-0.15, -0.1) is 0 Å². The lowest BCUT2D eigenvalue weighted by atomic mass is 10.0. The standard InChI is InChI=1S/C15H20N2O6S2/c1-17-12-8-11(2-3-13(12)23-14(17)19)25(20,21)16-9-15(22-6-5-18)4-7-24-10-15/h2-3,8,16,18H,4-7,9-10H2,1H3. The Kier molecular flexibility index (Phi) is 5.26. The number of aliphatic hydroxyl groups is 1. The number of hydrogen-bond donors (Lipinski definition) is 2. The second-order valence-corrected chi connectivity index (χ2v) is 8.81. The van der Waals surface area contributed by atoms with E-state index in [0.29, 0.717) is 16.9 Å². The highest BCUT2D eigenvalue weighted by Crippen LogP contribution is 2.31. The van der Waals surface area contributed by atoms with Gasteiger partial charge in [0.25, 0.3) is 0 Å². The number of fused-ring (bicyclic) bond motifs is 1. The van der Waals surface area contributed by atoms with Crippen molar-refractivity contribution < 1.29 is 22.7 Å². The summed E-state index contributed by atoms with van der Waals surface area (Å²) in [6.07, 6.45) is 0.718. The van der Waals surface area contributed by atoms with Crippen LogP contribution in [0.25, 0.3) is 11.1 Å². The summed E-state index contributed by atoms with van der Waals surface area (Å²) in [5.74, 6) is 1.01. The number of thioether (sulfide) groups is 1. The molecule has 1 aliphatic heterocycles. The molecule has 1 aromatic carbocycles. The Balaban J connectivity index is 1.81. The average Bonchev–Trinajstić information content (AvgIpc) is 3.17. The van der Waals surface area contributed by atoms with Crippen LogP contribution in [-0.2, 0) is 21.8 Å². The summed E-state index contributed by atoms with van der Waals surface area (Å²) in [7, 11) is -2.25. The zero-order chi connectivity index (χ0) is 18.1. The Morgan fingerprint density at radius 1 is 1.48 bits per heavy atom. The van der Waals surface area contributed by atoms with E-state index in [2.05, 4.69) is 4.72 Å². The lowest BCUT2D eigenvalue weighted by Crippen LogP contribution is -2.45. The molecule has 2 heterocycles. The van der Waals surface area contributed by atoms with Crippen LogP contribution in [0.1, 0.15) is 6.42 Å². The maximum Gasteiger partial charge on any atom is 0.419 e. The molecule has 0 aliphatic carbocycles. The van der Waals surface area contributed by atoms with Crippen molar-refractivity contribution in [2.45, 2.75) is 16.9 Å². The molecule has 1 aliphatic rings. The van der Waals surface area contributed by atoms with Gasteiger partial charge in [0.05, 0.1) is 29.2 Å². The van der Waals surface area contributed by atoms with E-state index >= 15 is 0 Å². The van der Waals surface area contributed by atoms with Gasteiger partial charge < -0.3 is 14.3 Å². The van der Waals surface area contributed by atoms with Gasteiger partial charge in [0, 0.05) is 19.3 Å². The highest BCUT2D eigenvalue weighted by Gasteiger charge is 2.36. The predicted molar refractivity (Wildman–Crippen MR) is 94.4 cm³/mol. The van der Waals surface area contributed by atoms with E-state index < -0.39 is 21.4 Å². The fraction of sp³-hybridized carbons (Fsp3) is 0.533. The van der Waals surface area contributed by atoms with Crippen molar-refractivity contribution in [1.29, 1.82) is 0 Å². The monoisotopic (exact) mass is 388 g/mol. The molecule has 2 aromatic rings. The summed E-state index contributed by atoms with van der Waals surface area (Å²) in [5, 5.41) is 8.97. The summed E-state index contributed by atoms with van der Waals surface area (Å²) in [5.41, 5.74) is 0.143. The van der Waals surface area contributed by atoms with Crippen molar-refractivity contribution in [2.24, 2.45) is 7.05 Å². The number of nitrogens with one attached hydrogen (secondary N) is 1. The van der Waals surface area contributed by atoms with Crippen LogP contribution in [0.15, 0.2) is 32.3 Å². The van der Waals surface area contributed by atoms with Crippen molar-refractivity contribution in [3.05, 3.63) is 28.7 Å². The van der Waals surface area contributed by atoms with Crippen LogP contribution in [-0.4, -0.2) is 55.0 Å². The van der Waals surface area contributed by atoms with Gasteiger partial charge in [-0.2, -0.15) is 11.8 Å². The maximum atomic E-state index is 12.6. The first-order valence-electron chi connectivity index (χ1n) is 7.79. The normalized spacial score (nSPS) is 21.2. The Morgan fingerprint density at radius 2 is 2.28 bits per heavy atom. The molecule has 25 heavy (non-hydrogen) atoms. The number of aromatic nitrogens is 1. The van der Waals surface area contributed by atoms with E-state index in [-0.39, 0.29) is 24.7 Å². The summed E-state index contributed by atoms with van der Waals surface area (Å²) in [6, 6.07) is 4.28. The third-order valence-corrected chi connectivity index (χ3v) is 6.85. The molecule has 3 rings (SSSR count). The summed E-state index contributed by atoms with van der Waals surface area (Å²) >= 11 is 1.69. The van der Waals surface area contributed by atoms with Crippen molar-refractivity contribution in [3.8, 4) is 0 Å². The zero-order valence-corrected chi connectivity index (χ0v) is 15.4. The topological polar surface area (TPSA) is 111 Å². The van der Waals surface area contributed by atoms with Crippen LogP contribution in [0.3, 0.4) is 0 Å². The smallest absolute Gasteiger partial charge is 0.408 e. The van der Waals surface area contributed by atoms with E-state index in [4.69, 9.17) is 14.3 Å². The number of oxazole rings is 1. The minimum Gasteiger partial charge on any atom is -0.408 e. The second-order valence-electron chi connectivity index (χ2n) is 5.94. The van der Waals surface area contributed by atoms with Gasteiger partial charge in [-0.05, 0) is 30.4 Å².